The summed E-state index contributed by atoms with van der Waals surface area (Å²) in [5.41, 5.74) is -0.401. The Hall–Kier alpha value is -0.610. The smallest absolute Gasteiger partial charge is 0.324 e. The van der Waals surface area contributed by atoms with Crippen LogP contribution in [0.15, 0.2) is 0 Å². The summed E-state index contributed by atoms with van der Waals surface area (Å²) in [4.78, 5) is 15.6. The summed E-state index contributed by atoms with van der Waals surface area (Å²) < 4.78 is 11.4. The zero-order valence-electron chi connectivity index (χ0n) is 15.8. The molecular weight excluding hydrogens is 302 g/mol. The zero-order chi connectivity index (χ0) is 17.2. The minimum Gasteiger partial charge on any atom is -0.459 e. The van der Waals surface area contributed by atoms with Gasteiger partial charge in [-0.2, -0.15) is 0 Å². The van der Waals surface area contributed by atoms with Crippen molar-refractivity contribution in [3.63, 3.8) is 0 Å². The van der Waals surface area contributed by atoms with Crippen LogP contribution in [0.2, 0.25) is 0 Å². The van der Waals surface area contributed by atoms with E-state index in [1.54, 1.807) is 0 Å². The van der Waals surface area contributed by atoms with E-state index in [1.807, 2.05) is 20.8 Å². The maximum absolute atomic E-state index is 13.1. The highest BCUT2D eigenvalue weighted by Crippen LogP contribution is 2.38. The molecule has 3 aliphatic rings. The van der Waals surface area contributed by atoms with E-state index in [-0.39, 0.29) is 12.0 Å². The third kappa shape index (κ3) is 4.32. The van der Waals surface area contributed by atoms with Gasteiger partial charge in [-0.3, -0.25) is 9.69 Å². The molecule has 2 saturated heterocycles. The Labute approximate surface area is 147 Å². The van der Waals surface area contributed by atoms with Crippen LogP contribution in [0.3, 0.4) is 0 Å². The maximum Gasteiger partial charge on any atom is 0.324 e. The molecule has 0 bridgehead atoms. The molecule has 4 heteroatoms. The van der Waals surface area contributed by atoms with Crippen LogP contribution in [0.1, 0.15) is 72.1 Å². The molecule has 2 atom stereocenters. The van der Waals surface area contributed by atoms with E-state index in [1.165, 1.54) is 38.5 Å². The van der Waals surface area contributed by atoms with E-state index in [0.29, 0.717) is 17.9 Å². The Morgan fingerprint density at radius 3 is 2.33 bits per heavy atom. The predicted molar refractivity (Wildman–Crippen MR) is 94.9 cm³/mol. The van der Waals surface area contributed by atoms with Gasteiger partial charge in [0.2, 0.25) is 0 Å². The predicted octanol–water partition coefficient (Wildman–Crippen LogP) is 3.78. The molecule has 24 heavy (non-hydrogen) atoms. The summed E-state index contributed by atoms with van der Waals surface area (Å²) in [6.45, 7) is 8.77. The molecule has 1 saturated carbocycles. The van der Waals surface area contributed by atoms with Crippen molar-refractivity contribution in [1.29, 1.82) is 0 Å². The van der Waals surface area contributed by atoms with Crippen LogP contribution >= 0.6 is 0 Å². The van der Waals surface area contributed by atoms with Crippen LogP contribution in [-0.4, -0.2) is 48.3 Å². The van der Waals surface area contributed by atoms with Crippen molar-refractivity contribution in [3.05, 3.63) is 0 Å². The highest BCUT2D eigenvalue weighted by Gasteiger charge is 2.44. The minimum absolute atomic E-state index is 0.0216. The van der Waals surface area contributed by atoms with Gasteiger partial charge in [-0.05, 0) is 77.7 Å². The van der Waals surface area contributed by atoms with Crippen molar-refractivity contribution in [2.45, 2.75) is 89.8 Å². The molecule has 1 aliphatic carbocycles. The van der Waals surface area contributed by atoms with Crippen LogP contribution in [-0.2, 0) is 14.3 Å². The molecule has 0 aromatic carbocycles. The van der Waals surface area contributed by atoms with E-state index in [0.717, 1.165) is 32.6 Å². The summed E-state index contributed by atoms with van der Waals surface area (Å²) in [6, 6.07) is 0.522. The molecule has 0 aromatic rings. The van der Waals surface area contributed by atoms with Gasteiger partial charge in [-0.1, -0.05) is 12.8 Å². The highest BCUT2D eigenvalue weighted by atomic mass is 16.6. The average Bonchev–Trinajstić information content (AvgIpc) is 3.19. The molecule has 0 spiro atoms. The number of ether oxygens (including phenoxy) is 2. The third-order valence-electron chi connectivity index (χ3n) is 6.00. The fraction of sp³-hybridized carbons (Fsp3) is 0.950. The van der Waals surface area contributed by atoms with Gasteiger partial charge < -0.3 is 9.47 Å². The van der Waals surface area contributed by atoms with Gasteiger partial charge in [0.15, 0.2) is 0 Å². The number of hydrogen-bond acceptors (Lipinski definition) is 4. The van der Waals surface area contributed by atoms with Crippen molar-refractivity contribution < 1.29 is 14.3 Å². The zero-order valence-corrected chi connectivity index (χ0v) is 15.8. The molecule has 2 aliphatic heterocycles. The molecule has 2 heterocycles. The first-order chi connectivity index (χ1) is 11.5. The van der Waals surface area contributed by atoms with Crippen molar-refractivity contribution in [1.82, 2.24) is 4.90 Å². The molecule has 0 N–H and O–H groups in total. The van der Waals surface area contributed by atoms with Crippen LogP contribution < -0.4 is 0 Å². The number of carbonyl (C=O) groups is 1. The van der Waals surface area contributed by atoms with Crippen molar-refractivity contribution in [2.24, 2.45) is 11.8 Å². The van der Waals surface area contributed by atoms with E-state index < -0.39 is 5.60 Å². The number of rotatable bonds is 4. The Morgan fingerprint density at radius 2 is 1.71 bits per heavy atom. The number of nitrogens with zero attached hydrogens (tertiary/aromatic N) is 1. The SMILES string of the molecule is CC(C)(C)OC(=O)[C@H](C1CCCC1)N1CCC[C@@H]1C1CCOCC1. The Bertz CT molecular complexity index is 419. The lowest BCUT2D eigenvalue weighted by Gasteiger charge is -2.40. The summed E-state index contributed by atoms with van der Waals surface area (Å²) in [6.07, 6.45) is 9.63. The minimum atomic E-state index is -0.401. The lowest BCUT2D eigenvalue weighted by molar-refractivity contribution is -0.165. The van der Waals surface area contributed by atoms with Crippen molar-refractivity contribution in [2.75, 3.05) is 19.8 Å². The highest BCUT2D eigenvalue weighted by molar-refractivity contribution is 5.76. The number of carbonyl (C=O) groups excluding carboxylic acids is 1. The van der Waals surface area contributed by atoms with Crippen LogP contribution in [0.5, 0.6) is 0 Å². The quantitative estimate of drug-likeness (QED) is 0.732. The lowest BCUT2D eigenvalue weighted by atomic mass is 9.87. The second-order valence-electron chi connectivity index (χ2n) is 8.92. The number of likely N-dealkylation sites (tertiary alicyclic amines) is 1. The molecule has 0 amide bonds. The van der Waals surface area contributed by atoms with Gasteiger partial charge in [0.1, 0.15) is 11.6 Å². The molecule has 138 valence electrons. The second kappa shape index (κ2) is 7.74. The molecule has 0 radical (unpaired) electrons. The molecule has 3 fully saturated rings. The molecule has 0 unspecified atom stereocenters. The average molecular weight is 338 g/mol. The largest absolute Gasteiger partial charge is 0.459 e. The monoisotopic (exact) mass is 337 g/mol. The van der Waals surface area contributed by atoms with Crippen molar-refractivity contribution in [3.8, 4) is 0 Å². The molecule has 3 rings (SSSR count). The fourth-order valence-electron chi connectivity index (χ4n) is 5.00. The summed E-state index contributed by atoms with van der Waals surface area (Å²) in [5.74, 6) is 1.20. The maximum atomic E-state index is 13.1. The fourth-order valence-corrected chi connectivity index (χ4v) is 5.00. The third-order valence-corrected chi connectivity index (χ3v) is 6.00. The van der Waals surface area contributed by atoms with Crippen LogP contribution in [0.4, 0.5) is 0 Å². The van der Waals surface area contributed by atoms with E-state index in [4.69, 9.17) is 9.47 Å². The molecule has 0 aromatic heterocycles. The van der Waals surface area contributed by atoms with Crippen LogP contribution in [0.25, 0.3) is 0 Å². The van der Waals surface area contributed by atoms with Crippen LogP contribution in [0, 0.1) is 11.8 Å². The van der Waals surface area contributed by atoms with Gasteiger partial charge in [-0.15, -0.1) is 0 Å². The summed E-state index contributed by atoms with van der Waals surface area (Å²) in [7, 11) is 0. The summed E-state index contributed by atoms with van der Waals surface area (Å²) >= 11 is 0. The second-order valence-corrected chi connectivity index (χ2v) is 8.92. The first-order valence-electron chi connectivity index (χ1n) is 10.0. The molecule has 4 nitrogen and oxygen atoms in total. The van der Waals surface area contributed by atoms with Gasteiger partial charge >= 0.3 is 5.97 Å². The van der Waals surface area contributed by atoms with E-state index in [9.17, 15) is 4.79 Å². The normalized spacial score (nSPS) is 29.0. The van der Waals surface area contributed by atoms with E-state index >= 15 is 0 Å². The standard InChI is InChI=1S/C20H35NO3/c1-20(2,3)24-19(22)18(16-7-4-5-8-16)21-12-6-9-17(21)15-10-13-23-14-11-15/h15-18H,4-14H2,1-3H3/t17-,18+/m1/s1. The Kier molecular flexibility index (Phi) is 5.86. The van der Waals surface area contributed by atoms with E-state index in [2.05, 4.69) is 4.90 Å². The van der Waals surface area contributed by atoms with Gasteiger partial charge in [0.05, 0.1) is 0 Å². The number of hydrogen-bond donors (Lipinski definition) is 0. The lowest BCUT2D eigenvalue weighted by Crippen LogP contribution is -2.52. The topological polar surface area (TPSA) is 38.8 Å². The summed E-state index contributed by atoms with van der Waals surface area (Å²) in [5, 5.41) is 0. The number of esters is 1. The Morgan fingerprint density at radius 1 is 1.04 bits per heavy atom. The first kappa shape index (κ1) is 18.2. The van der Waals surface area contributed by atoms with Gasteiger partial charge in [0, 0.05) is 19.3 Å². The molecular formula is C20H35NO3. The van der Waals surface area contributed by atoms with Gasteiger partial charge in [-0.25, -0.2) is 0 Å². The Balaban J connectivity index is 1.76. The first-order valence-corrected chi connectivity index (χ1v) is 10.0. The van der Waals surface area contributed by atoms with Gasteiger partial charge in [0.25, 0.3) is 0 Å². The van der Waals surface area contributed by atoms with Crippen molar-refractivity contribution >= 4 is 5.97 Å².